The summed E-state index contributed by atoms with van der Waals surface area (Å²) in [5.41, 5.74) is -2.97. The van der Waals surface area contributed by atoms with Gasteiger partial charge >= 0.3 is 13.3 Å². The minimum Gasteiger partial charge on any atom is -0.305 e. The third kappa shape index (κ3) is 5.10. The zero-order valence-electron chi connectivity index (χ0n) is 15.2. The molecule has 2 rings (SSSR count). The molecule has 0 aliphatic carbocycles. The highest BCUT2D eigenvalue weighted by molar-refractivity contribution is 7.83. The molecule has 1 heterocycles. The van der Waals surface area contributed by atoms with E-state index in [0.29, 0.717) is 4.90 Å². The van der Waals surface area contributed by atoms with Crippen molar-refractivity contribution in [2.75, 3.05) is 13.2 Å². The number of alkyl halides is 2. The Labute approximate surface area is 164 Å². The molecule has 27 heavy (non-hydrogen) atoms. The molecular weight excluding hydrogens is 415 g/mol. The molecule has 1 aromatic carbocycles. The molecule has 0 aliphatic heterocycles. The van der Waals surface area contributed by atoms with Crippen molar-refractivity contribution in [2.24, 2.45) is 0 Å². The van der Waals surface area contributed by atoms with Crippen LogP contribution in [0.2, 0.25) is 0 Å². The average molecular weight is 437 g/mol. The van der Waals surface area contributed by atoms with E-state index in [1.807, 2.05) is 6.92 Å². The number of rotatable bonds is 10. The smallest absolute Gasteiger partial charge is 0.305 e. The minimum atomic E-state index is -4.80. The summed E-state index contributed by atoms with van der Waals surface area (Å²) in [4.78, 5) is 0.515. The van der Waals surface area contributed by atoms with E-state index < -0.39 is 30.3 Å². The Morgan fingerprint density at radius 1 is 1.19 bits per heavy atom. The van der Waals surface area contributed by atoms with Crippen molar-refractivity contribution >= 4 is 29.9 Å². The Balaban J connectivity index is 2.40. The Hall–Kier alpha value is -0.960. The van der Waals surface area contributed by atoms with Crippen molar-refractivity contribution < 1.29 is 26.6 Å². The van der Waals surface area contributed by atoms with E-state index in [9.17, 15) is 8.77 Å². The zero-order chi connectivity index (χ0) is 20.1. The lowest BCUT2D eigenvalue weighted by Gasteiger charge is -2.31. The van der Waals surface area contributed by atoms with Crippen LogP contribution in [0.15, 0.2) is 46.7 Å². The maximum atomic E-state index is 15.3. The van der Waals surface area contributed by atoms with Crippen LogP contribution in [0.25, 0.3) is 0 Å². The van der Waals surface area contributed by atoms with Gasteiger partial charge in [0.2, 0.25) is 0 Å². The van der Waals surface area contributed by atoms with E-state index >= 15 is 8.78 Å². The van der Waals surface area contributed by atoms with Gasteiger partial charge in [-0.15, -0.1) is 11.3 Å². The summed E-state index contributed by atoms with van der Waals surface area (Å²) in [6.07, 6.45) is 0. The van der Waals surface area contributed by atoms with Gasteiger partial charge in [0.25, 0.3) is 0 Å². The van der Waals surface area contributed by atoms with E-state index in [-0.39, 0.29) is 18.1 Å². The molecule has 0 spiro atoms. The predicted octanol–water partition coefficient (Wildman–Crippen LogP) is 5.27. The van der Waals surface area contributed by atoms with Gasteiger partial charge in [0.1, 0.15) is 17.0 Å². The molecule has 1 aromatic heterocycles. The van der Waals surface area contributed by atoms with Crippen molar-refractivity contribution in [3.8, 4) is 0 Å². The van der Waals surface area contributed by atoms with Crippen LogP contribution in [0.3, 0.4) is 0 Å². The summed E-state index contributed by atoms with van der Waals surface area (Å²) in [7, 11) is -6.75. The third-order valence-corrected chi connectivity index (χ3v) is 7.87. The standard InChI is InChI=1S/C17H22F2NO4PS2/c1-4-23-25(21,24-5-2)17(18,19)16(15-7-6-12-26-15)20-27(22)14-10-8-13(3)9-11-14/h6-12,16,20H,4-5H2,1-3H3/t16-,27?/m0/s1. The topological polar surface area (TPSA) is 64.6 Å². The molecule has 2 atom stereocenters. The van der Waals surface area contributed by atoms with E-state index in [4.69, 9.17) is 9.05 Å². The largest absolute Gasteiger partial charge is 0.401 e. The molecule has 1 unspecified atom stereocenters. The Kier molecular flexibility index (Phi) is 7.85. The number of thiophene rings is 1. The summed E-state index contributed by atoms with van der Waals surface area (Å²) in [6, 6.07) is 7.90. The number of benzene rings is 1. The van der Waals surface area contributed by atoms with Crippen LogP contribution < -0.4 is 4.72 Å². The van der Waals surface area contributed by atoms with E-state index in [0.717, 1.165) is 16.9 Å². The summed E-state index contributed by atoms with van der Waals surface area (Å²) >= 11 is 1.04. The van der Waals surface area contributed by atoms with Gasteiger partial charge in [0, 0.05) is 4.88 Å². The maximum absolute atomic E-state index is 15.3. The normalized spacial score (nSPS) is 14.9. The molecule has 0 saturated heterocycles. The van der Waals surface area contributed by atoms with Gasteiger partial charge in [-0.3, -0.25) is 4.57 Å². The van der Waals surface area contributed by atoms with Gasteiger partial charge in [-0.2, -0.15) is 8.78 Å². The highest BCUT2D eigenvalue weighted by atomic mass is 32.2. The molecule has 0 saturated carbocycles. The predicted molar refractivity (Wildman–Crippen MR) is 104 cm³/mol. The fourth-order valence-corrected chi connectivity index (χ4v) is 5.99. The lowest BCUT2D eigenvalue weighted by Crippen LogP contribution is -2.38. The van der Waals surface area contributed by atoms with Crippen LogP contribution in [0.5, 0.6) is 0 Å². The summed E-state index contributed by atoms with van der Waals surface area (Å²) in [5, 5.41) is 1.61. The van der Waals surface area contributed by atoms with Gasteiger partial charge in [-0.05, 0) is 44.4 Å². The van der Waals surface area contributed by atoms with Crippen LogP contribution in [-0.2, 0) is 24.6 Å². The molecule has 5 nitrogen and oxygen atoms in total. The lowest BCUT2D eigenvalue weighted by atomic mass is 10.2. The number of aryl methyl sites for hydroxylation is 1. The first-order valence-electron chi connectivity index (χ1n) is 8.30. The molecule has 2 aromatic rings. The first-order valence-corrected chi connectivity index (χ1v) is 11.9. The minimum absolute atomic E-state index is 0.181. The molecular formula is C17H22F2NO4PS2. The Morgan fingerprint density at radius 3 is 2.26 bits per heavy atom. The highest BCUT2D eigenvalue weighted by Crippen LogP contribution is 2.66. The van der Waals surface area contributed by atoms with Gasteiger partial charge in [-0.25, -0.2) is 8.93 Å². The summed E-state index contributed by atoms with van der Waals surface area (Å²) in [5.74, 6) is 0. The van der Waals surface area contributed by atoms with Crippen LogP contribution in [-0.4, -0.2) is 23.1 Å². The molecule has 150 valence electrons. The lowest BCUT2D eigenvalue weighted by molar-refractivity contribution is 0.0126. The van der Waals surface area contributed by atoms with Crippen LogP contribution >= 0.6 is 18.9 Å². The quantitative estimate of drug-likeness (QED) is 0.515. The van der Waals surface area contributed by atoms with E-state index in [1.54, 1.807) is 35.7 Å². The van der Waals surface area contributed by atoms with Crippen molar-refractivity contribution in [3.63, 3.8) is 0 Å². The molecule has 0 radical (unpaired) electrons. The van der Waals surface area contributed by atoms with Crippen LogP contribution in [0.1, 0.15) is 30.3 Å². The molecule has 0 aliphatic rings. The van der Waals surface area contributed by atoms with Gasteiger partial charge in [0.15, 0.2) is 0 Å². The van der Waals surface area contributed by atoms with E-state index in [2.05, 4.69) is 4.72 Å². The second kappa shape index (κ2) is 9.49. The monoisotopic (exact) mass is 437 g/mol. The van der Waals surface area contributed by atoms with Gasteiger partial charge in [-0.1, -0.05) is 23.8 Å². The number of nitrogens with one attached hydrogen (secondary N) is 1. The Bertz CT molecular complexity index is 790. The van der Waals surface area contributed by atoms with Gasteiger partial charge < -0.3 is 9.05 Å². The first kappa shape index (κ1) is 22.3. The zero-order valence-corrected chi connectivity index (χ0v) is 17.7. The average Bonchev–Trinajstić information content (AvgIpc) is 3.14. The summed E-state index contributed by atoms with van der Waals surface area (Å²) < 4.78 is 68.2. The fourth-order valence-electron chi connectivity index (χ4n) is 2.30. The van der Waals surface area contributed by atoms with Crippen molar-refractivity contribution in [3.05, 3.63) is 52.2 Å². The number of halogens is 2. The highest BCUT2D eigenvalue weighted by Gasteiger charge is 2.60. The number of hydrogen-bond donors (Lipinski definition) is 1. The van der Waals surface area contributed by atoms with Crippen molar-refractivity contribution in [2.45, 2.75) is 37.4 Å². The molecule has 1 N–H and O–H groups in total. The molecule has 0 bridgehead atoms. The first-order chi connectivity index (χ1) is 12.7. The fraction of sp³-hybridized carbons (Fsp3) is 0.412. The van der Waals surface area contributed by atoms with E-state index in [1.165, 1.54) is 19.9 Å². The van der Waals surface area contributed by atoms with Crippen molar-refractivity contribution in [1.82, 2.24) is 4.72 Å². The maximum Gasteiger partial charge on any atom is 0.401 e. The van der Waals surface area contributed by atoms with Crippen LogP contribution in [0, 0.1) is 6.92 Å². The number of hydrogen-bond acceptors (Lipinski definition) is 5. The second-order valence-corrected chi connectivity index (χ2v) is 9.90. The second-order valence-electron chi connectivity index (χ2n) is 5.57. The summed E-state index contributed by atoms with van der Waals surface area (Å²) in [6.45, 7) is 4.37. The molecule has 0 amide bonds. The Morgan fingerprint density at radius 2 is 1.78 bits per heavy atom. The van der Waals surface area contributed by atoms with Crippen molar-refractivity contribution in [1.29, 1.82) is 0 Å². The van der Waals surface area contributed by atoms with Gasteiger partial charge in [0.05, 0.1) is 18.1 Å². The third-order valence-electron chi connectivity index (χ3n) is 3.60. The van der Waals surface area contributed by atoms with Crippen LogP contribution in [0.4, 0.5) is 8.78 Å². The molecule has 10 heteroatoms. The molecule has 0 fully saturated rings. The SMILES string of the molecule is CCOP(=O)(OCC)C(F)(F)[C@@H](NS(=O)c1ccc(C)cc1)c1cccs1.